The number of furan rings is 1. The van der Waals surface area contributed by atoms with Gasteiger partial charge in [-0.15, -0.1) is 0 Å². The van der Waals surface area contributed by atoms with Gasteiger partial charge in [-0.05, 0) is 48.6 Å². The largest absolute Gasteiger partial charge is 0.467 e. The second-order valence-electron chi connectivity index (χ2n) is 5.57. The highest BCUT2D eigenvalue weighted by molar-refractivity contribution is 6.30. The molecule has 1 aromatic heterocycles. The van der Waals surface area contributed by atoms with E-state index < -0.39 is 0 Å². The Morgan fingerprint density at radius 1 is 1.27 bits per heavy atom. The van der Waals surface area contributed by atoms with Crippen molar-refractivity contribution in [3.05, 3.63) is 59.0 Å². The maximum Gasteiger partial charge on any atom is 0.191 e. The van der Waals surface area contributed by atoms with E-state index in [-0.39, 0.29) is 0 Å². The number of aliphatic imine (C=N–C) groups is 1. The molecule has 3 rings (SSSR count). The lowest BCUT2D eigenvalue weighted by Gasteiger charge is -2.37. The third kappa shape index (κ3) is 3.63. The van der Waals surface area contributed by atoms with E-state index in [1.807, 2.05) is 24.3 Å². The molecule has 1 aliphatic carbocycles. The van der Waals surface area contributed by atoms with Crippen LogP contribution < -0.4 is 10.6 Å². The molecule has 0 saturated heterocycles. The molecule has 5 heteroatoms. The molecule has 0 bridgehead atoms. The van der Waals surface area contributed by atoms with Gasteiger partial charge in [0.2, 0.25) is 0 Å². The number of hydrogen-bond acceptors (Lipinski definition) is 2. The molecule has 1 fully saturated rings. The fourth-order valence-electron chi connectivity index (χ4n) is 2.71. The van der Waals surface area contributed by atoms with Crippen LogP contribution in [0.3, 0.4) is 0 Å². The van der Waals surface area contributed by atoms with Crippen LogP contribution in [0, 0.1) is 0 Å². The Kier molecular flexibility index (Phi) is 4.68. The molecule has 0 amide bonds. The molecule has 22 heavy (non-hydrogen) atoms. The molecule has 2 N–H and O–H groups in total. The molecule has 0 atom stereocenters. The molecular weight excluding hydrogens is 298 g/mol. The average molecular weight is 318 g/mol. The van der Waals surface area contributed by atoms with Crippen LogP contribution in [0.15, 0.2) is 52.1 Å². The van der Waals surface area contributed by atoms with Crippen LogP contribution >= 0.6 is 11.6 Å². The van der Waals surface area contributed by atoms with E-state index in [0.717, 1.165) is 29.6 Å². The third-order valence-corrected chi connectivity index (χ3v) is 4.31. The molecule has 0 unspecified atom stereocenters. The minimum atomic E-state index is 0.462. The number of nitrogens with zero attached hydrogens (tertiary/aromatic N) is 1. The second-order valence-corrected chi connectivity index (χ2v) is 6.00. The van der Waals surface area contributed by atoms with Gasteiger partial charge in [0.1, 0.15) is 5.76 Å². The van der Waals surface area contributed by atoms with Crippen molar-refractivity contribution in [1.29, 1.82) is 0 Å². The van der Waals surface area contributed by atoms with Crippen LogP contribution in [0.5, 0.6) is 0 Å². The summed E-state index contributed by atoms with van der Waals surface area (Å²) >= 11 is 5.93. The van der Waals surface area contributed by atoms with E-state index in [9.17, 15) is 0 Å². The Bertz CT molecular complexity index is 616. The van der Waals surface area contributed by atoms with Crippen LogP contribution in [-0.4, -0.2) is 19.0 Å². The molecule has 1 heterocycles. The summed E-state index contributed by atoms with van der Waals surface area (Å²) in [6.07, 6.45) is 3.90. The summed E-state index contributed by atoms with van der Waals surface area (Å²) in [5.74, 6) is 2.32. The summed E-state index contributed by atoms with van der Waals surface area (Å²) in [6, 6.07) is 12.4. The SMILES string of the molecule is CN=C(NCc1ccco1)NC1CC(c2ccc(Cl)cc2)C1. The first-order valence-corrected chi connectivity index (χ1v) is 7.87. The fourth-order valence-corrected chi connectivity index (χ4v) is 2.84. The van der Waals surface area contributed by atoms with Gasteiger partial charge in [-0.25, -0.2) is 0 Å². The third-order valence-electron chi connectivity index (χ3n) is 4.05. The normalized spacial score (nSPS) is 21.3. The first kappa shape index (κ1) is 15.0. The minimum absolute atomic E-state index is 0.462. The predicted molar refractivity (Wildman–Crippen MR) is 89.3 cm³/mol. The summed E-state index contributed by atoms with van der Waals surface area (Å²) in [6.45, 7) is 0.639. The summed E-state index contributed by atoms with van der Waals surface area (Å²) in [5, 5.41) is 7.50. The van der Waals surface area contributed by atoms with E-state index in [0.29, 0.717) is 18.5 Å². The van der Waals surface area contributed by atoms with E-state index >= 15 is 0 Å². The monoisotopic (exact) mass is 317 g/mol. The number of rotatable bonds is 4. The number of guanidine groups is 1. The molecule has 1 aliphatic rings. The van der Waals surface area contributed by atoms with Gasteiger partial charge in [-0.2, -0.15) is 0 Å². The highest BCUT2D eigenvalue weighted by Gasteiger charge is 2.30. The van der Waals surface area contributed by atoms with Crippen LogP contribution in [-0.2, 0) is 6.54 Å². The van der Waals surface area contributed by atoms with E-state index in [1.54, 1.807) is 13.3 Å². The van der Waals surface area contributed by atoms with Crippen molar-refractivity contribution in [2.75, 3.05) is 7.05 Å². The maximum atomic E-state index is 5.93. The Morgan fingerprint density at radius 3 is 2.68 bits per heavy atom. The lowest BCUT2D eigenvalue weighted by Crippen LogP contribution is -2.48. The van der Waals surface area contributed by atoms with Gasteiger partial charge in [0.15, 0.2) is 5.96 Å². The number of benzene rings is 1. The smallest absolute Gasteiger partial charge is 0.191 e. The molecule has 116 valence electrons. The van der Waals surface area contributed by atoms with Crippen LogP contribution in [0.2, 0.25) is 5.02 Å². The van der Waals surface area contributed by atoms with Gasteiger partial charge < -0.3 is 15.1 Å². The van der Waals surface area contributed by atoms with Crippen molar-refractivity contribution in [3.63, 3.8) is 0 Å². The van der Waals surface area contributed by atoms with E-state index in [2.05, 4.69) is 27.8 Å². The highest BCUT2D eigenvalue weighted by Crippen LogP contribution is 2.37. The quantitative estimate of drug-likeness (QED) is 0.670. The molecule has 0 radical (unpaired) electrons. The minimum Gasteiger partial charge on any atom is -0.467 e. The maximum absolute atomic E-state index is 5.93. The van der Waals surface area contributed by atoms with Crippen molar-refractivity contribution in [2.45, 2.75) is 31.3 Å². The Morgan fingerprint density at radius 2 is 2.05 bits per heavy atom. The molecule has 1 saturated carbocycles. The summed E-state index contributed by atoms with van der Waals surface area (Å²) in [4.78, 5) is 4.25. The van der Waals surface area contributed by atoms with Crippen molar-refractivity contribution < 1.29 is 4.42 Å². The molecule has 0 spiro atoms. The lowest BCUT2D eigenvalue weighted by atomic mass is 9.76. The van der Waals surface area contributed by atoms with Crippen LogP contribution in [0.1, 0.15) is 30.1 Å². The standard InChI is InChI=1S/C17H20ClN3O/c1-19-17(20-11-16-3-2-8-22-16)21-15-9-13(10-15)12-4-6-14(18)7-5-12/h2-8,13,15H,9-11H2,1H3,(H2,19,20,21). The van der Waals surface area contributed by atoms with Crippen LogP contribution in [0.4, 0.5) is 0 Å². The zero-order valence-electron chi connectivity index (χ0n) is 12.6. The van der Waals surface area contributed by atoms with E-state index in [4.69, 9.17) is 16.0 Å². The zero-order valence-corrected chi connectivity index (χ0v) is 13.3. The summed E-state index contributed by atoms with van der Waals surface area (Å²) in [7, 11) is 1.78. The average Bonchev–Trinajstić information content (AvgIpc) is 3.00. The van der Waals surface area contributed by atoms with E-state index in [1.165, 1.54) is 5.56 Å². The van der Waals surface area contributed by atoms with Gasteiger partial charge in [-0.1, -0.05) is 23.7 Å². The van der Waals surface area contributed by atoms with Crippen molar-refractivity contribution in [1.82, 2.24) is 10.6 Å². The second kappa shape index (κ2) is 6.88. The molecule has 1 aromatic carbocycles. The summed E-state index contributed by atoms with van der Waals surface area (Å²) < 4.78 is 5.30. The van der Waals surface area contributed by atoms with Crippen molar-refractivity contribution >= 4 is 17.6 Å². The van der Waals surface area contributed by atoms with Gasteiger partial charge in [0.05, 0.1) is 12.8 Å². The fraction of sp³-hybridized carbons (Fsp3) is 0.353. The summed E-state index contributed by atoms with van der Waals surface area (Å²) in [5.41, 5.74) is 1.36. The Hall–Kier alpha value is -1.94. The number of hydrogen-bond donors (Lipinski definition) is 2. The van der Waals surface area contributed by atoms with Crippen LogP contribution in [0.25, 0.3) is 0 Å². The Labute approximate surface area is 135 Å². The zero-order chi connectivity index (χ0) is 15.4. The highest BCUT2D eigenvalue weighted by atomic mass is 35.5. The Balaban J connectivity index is 1.45. The van der Waals surface area contributed by atoms with Gasteiger partial charge in [-0.3, -0.25) is 4.99 Å². The lowest BCUT2D eigenvalue weighted by molar-refractivity contribution is 0.321. The van der Waals surface area contributed by atoms with Gasteiger partial charge >= 0.3 is 0 Å². The molecular formula is C17H20ClN3O. The van der Waals surface area contributed by atoms with Gasteiger partial charge in [0.25, 0.3) is 0 Å². The predicted octanol–water partition coefficient (Wildman–Crippen LogP) is 3.54. The molecule has 0 aliphatic heterocycles. The molecule has 2 aromatic rings. The number of halogens is 1. The topological polar surface area (TPSA) is 49.6 Å². The number of nitrogens with one attached hydrogen (secondary N) is 2. The first-order chi connectivity index (χ1) is 10.7. The molecule has 4 nitrogen and oxygen atoms in total. The van der Waals surface area contributed by atoms with Gasteiger partial charge in [0, 0.05) is 18.1 Å². The van der Waals surface area contributed by atoms with Crippen molar-refractivity contribution in [2.24, 2.45) is 4.99 Å². The first-order valence-electron chi connectivity index (χ1n) is 7.49. The van der Waals surface area contributed by atoms with Crippen molar-refractivity contribution in [3.8, 4) is 0 Å².